The van der Waals surface area contributed by atoms with Gasteiger partial charge in [-0.2, -0.15) is 0 Å². The van der Waals surface area contributed by atoms with E-state index in [0.717, 1.165) is 19.5 Å². The maximum Gasteiger partial charge on any atom is 0.221 e. The third-order valence-corrected chi connectivity index (χ3v) is 4.04. The normalized spacial score (nSPS) is 14.9. The van der Waals surface area contributed by atoms with Gasteiger partial charge in [0.2, 0.25) is 5.91 Å². The fourth-order valence-corrected chi connectivity index (χ4v) is 2.62. The molecule has 3 nitrogen and oxygen atoms in total. The van der Waals surface area contributed by atoms with Gasteiger partial charge in [0.05, 0.1) is 0 Å². The quantitative estimate of drug-likeness (QED) is 0.750. The van der Waals surface area contributed by atoms with E-state index in [4.69, 9.17) is 0 Å². The number of carbonyl (C=O) groups excluding carboxylic acids is 1. The minimum absolute atomic E-state index is 0.140. The van der Waals surface area contributed by atoms with Gasteiger partial charge in [-0.1, -0.05) is 25.1 Å². The molecule has 1 aliphatic rings. The largest absolute Gasteiger partial charge is 0.354 e. The first kappa shape index (κ1) is 15.0. The molecule has 1 aromatic rings. The average molecular weight is 274 g/mol. The molecular weight excluding hydrogens is 248 g/mol. The summed E-state index contributed by atoms with van der Waals surface area (Å²) in [6, 6.07) is 7.05. The van der Waals surface area contributed by atoms with Crippen LogP contribution < -0.4 is 10.6 Å². The third-order valence-electron chi connectivity index (χ3n) is 4.04. The van der Waals surface area contributed by atoms with E-state index in [1.54, 1.807) is 0 Å². The summed E-state index contributed by atoms with van der Waals surface area (Å²) >= 11 is 0. The molecule has 3 heteroatoms. The number of amides is 1. The van der Waals surface area contributed by atoms with Crippen molar-refractivity contribution >= 4 is 5.91 Å². The van der Waals surface area contributed by atoms with Crippen LogP contribution in [0.3, 0.4) is 0 Å². The standard InChI is InChI=1S/C17H26N2O/c1-3-13(2)19-17(20)9-10-18-12-14-7-8-15-5-4-6-16(15)11-14/h7-8,11,13,18H,3-6,9-10,12H2,1-2H3,(H,19,20). The molecule has 0 fully saturated rings. The molecule has 20 heavy (non-hydrogen) atoms. The van der Waals surface area contributed by atoms with Gasteiger partial charge in [0, 0.05) is 25.6 Å². The lowest BCUT2D eigenvalue weighted by Crippen LogP contribution is -2.33. The van der Waals surface area contributed by atoms with Crippen LogP contribution in [-0.4, -0.2) is 18.5 Å². The van der Waals surface area contributed by atoms with E-state index in [-0.39, 0.29) is 11.9 Å². The predicted molar refractivity (Wildman–Crippen MR) is 82.7 cm³/mol. The monoisotopic (exact) mass is 274 g/mol. The van der Waals surface area contributed by atoms with Crippen molar-refractivity contribution < 1.29 is 4.79 Å². The summed E-state index contributed by atoms with van der Waals surface area (Å²) in [6.45, 7) is 5.70. The lowest BCUT2D eigenvalue weighted by atomic mass is 10.1. The van der Waals surface area contributed by atoms with Crippen molar-refractivity contribution in [1.82, 2.24) is 10.6 Å². The molecule has 0 aliphatic heterocycles. The van der Waals surface area contributed by atoms with Gasteiger partial charge in [0.15, 0.2) is 0 Å². The van der Waals surface area contributed by atoms with Crippen LogP contribution in [0.4, 0.5) is 0 Å². The highest BCUT2D eigenvalue weighted by atomic mass is 16.1. The molecule has 1 aliphatic carbocycles. The Kier molecular flexibility index (Phi) is 5.60. The Morgan fingerprint density at radius 2 is 2.10 bits per heavy atom. The molecule has 110 valence electrons. The van der Waals surface area contributed by atoms with E-state index in [0.29, 0.717) is 6.42 Å². The Balaban J connectivity index is 1.67. The molecule has 0 aromatic heterocycles. The number of benzene rings is 1. The number of nitrogens with one attached hydrogen (secondary N) is 2. The highest BCUT2D eigenvalue weighted by Crippen LogP contribution is 2.22. The van der Waals surface area contributed by atoms with Crippen LogP contribution in [0.25, 0.3) is 0 Å². The molecule has 1 amide bonds. The second kappa shape index (κ2) is 7.44. The van der Waals surface area contributed by atoms with Crippen LogP contribution in [-0.2, 0) is 24.2 Å². The van der Waals surface area contributed by atoms with Crippen molar-refractivity contribution in [2.24, 2.45) is 0 Å². The van der Waals surface area contributed by atoms with Gasteiger partial charge in [-0.25, -0.2) is 0 Å². The predicted octanol–water partition coefficient (Wildman–Crippen LogP) is 2.57. The van der Waals surface area contributed by atoms with Gasteiger partial charge in [-0.15, -0.1) is 0 Å². The van der Waals surface area contributed by atoms with Gasteiger partial charge < -0.3 is 10.6 Å². The van der Waals surface area contributed by atoms with Gasteiger partial charge in [0.1, 0.15) is 0 Å². The third kappa shape index (κ3) is 4.34. The highest BCUT2D eigenvalue weighted by Gasteiger charge is 2.10. The first-order valence-corrected chi connectivity index (χ1v) is 7.79. The van der Waals surface area contributed by atoms with Crippen molar-refractivity contribution in [3.05, 3.63) is 34.9 Å². The van der Waals surface area contributed by atoms with Crippen LogP contribution in [0, 0.1) is 0 Å². The fourth-order valence-electron chi connectivity index (χ4n) is 2.62. The van der Waals surface area contributed by atoms with Crippen molar-refractivity contribution in [3.63, 3.8) is 0 Å². The molecule has 0 spiro atoms. The van der Waals surface area contributed by atoms with Crippen molar-refractivity contribution in [1.29, 1.82) is 0 Å². The lowest BCUT2D eigenvalue weighted by Gasteiger charge is -2.11. The molecular formula is C17H26N2O. The van der Waals surface area contributed by atoms with Crippen LogP contribution in [0.5, 0.6) is 0 Å². The first-order valence-electron chi connectivity index (χ1n) is 7.79. The molecule has 2 rings (SSSR count). The summed E-state index contributed by atoms with van der Waals surface area (Å²) in [7, 11) is 0. The minimum atomic E-state index is 0.140. The van der Waals surface area contributed by atoms with Crippen LogP contribution >= 0.6 is 0 Å². The fraction of sp³-hybridized carbons (Fsp3) is 0.588. The van der Waals surface area contributed by atoms with E-state index in [1.165, 1.54) is 36.0 Å². The number of hydrogen-bond acceptors (Lipinski definition) is 2. The summed E-state index contributed by atoms with van der Waals surface area (Å²) in [6.07, 6.45) is 5.28. The topological polar surface area (TPSA) is 41.1 Å². The number of hydrogen-bond donors (Lipinski definition) is 2. The van der Waals surface area contributed by atoms with E-state index < -0.39 is 0 Å². The Labute approximate surface area is 122 Å². The molecule has 0 saturated heterocycles. The zero-order chi connectivity index (χ0) is 14.4. The Hall–Kier alpha value is -1.35. The van der Waals surface area contributed by atoms with E-state index >= 15 is 0 Å². The Morgan fingerprint density at radius 1 is 1.30 bits per heavy atom. The molecule has 0 heterocycles. The lowest BCUT2D eigenvalue weighted by molar-refractivity contribution is -0.121. The number of aryl methyl sites for hydroxylation is 2. The average Bonchev–Trinajstić information content (AvgIpc) is 2.91. The Morgan fingerprint density at radius 3 is 2.90 bits per heavy atom. The number of fused-ring (bicyclic) bond motifs is 1. The maximum atomic E-state index is 11.6. The van der Waals surface area contributed by atoms with Gasteiger partial charge >= 0.3 is 0 Å². The summed E-state index contributed by atoms with van der Waals surface area (Å²) in [4.78, 5) is 11.6. The number of carbonyl (C=O) groups is 1. The van der Waals surface area contributed by atoms with E-state index in [9.17, 15) is 4.79 Å². The molecule has 1 aromatic carbocycles. The van der Waals surface area contributed by atoms with Gasteiger partial charge in [-0.05, 0) is 49.3 Å². The van der Waals surface area contributed by atoms with Gasteiger partial charge in [-0.3, -0.25) is 4.79 Å². The van der Waals surface area contributed by atoms with Crippen molar-refractivity contribution in [2.45, 2.75) is 58.5 Å². The van der Waals surface area contributed by atoms with Crippen molar-refractivity contribution in [3.8, 4) is 0 Å². The smallest absolute Gasteiger partial charge is 0.221 e. The van der Waals surface area contributed by atoms with Crippen molar-refractivity contribution in [2.75, 3.05) is 6.54 Å². The summed E-state index contributed by atoms with van der Waals surface area (Å²) < 4.78 is 0. The molecule has 1 atom stereocenters. The second-order valence-electron chi connectivity index (χ2n) is 5.76. The van der Waals surface area contributed by atoms with Crippen LogP contribution in [0.2, 0.25) is 0 Å². The molecule has 0 bridgehead atoms. The summed E-state index contributed by atoms with van der Waals surface area (Å²) in [5, 5.41) is 6.34. The molecule has 0 saturated carbocycles. The first-order chi connectivity index (χ1) is 9.69. The zero-order valence-electron chi connectivity index (χ0n) is 12.7. The molecule has 2 N–H and O–H groups in total. The Bertz CT molecular complexity index is 456. The van der Waals surface area contributed by atoms with E-state index in [2.05, 4.69) is 35.8 Å². The second-order valence-corrected chi connectivity index (χ2v) is 5.76. The summed E-state index contributed by atoms with van der Waals surface area (Å²) in [5.74, 6) is 0.140. The SMILES string of the molecule is CCC(C)NC(=O)CCNCc1ccc2c(c1)CCC2. The highest BCUT2D eigenvalue weighted by molar-refractivity contribution is 5.76. The van der Waals surface area contributed by atoms with E-state index in [1.807, 2.05) is 6.92 Å². The number of rotatable bonds is 7. The van der Waals surface area contributed by atoms with Crippen LogP contribution in [0.1, 0.15) is 49.8 Å². The maximum absolute atomic E-state index is 11.6. The summed E-state index contributed by atoms with van der Waals surface area (Å²) in [5.41, 5.74) is 4.36. The van der Waals surface area contributed by atoms with Crippen LogP contribution in [0.15, 0.2) is 18.2 Å². The molecule has 1 unspecified atom stereocenters. The minimum Gasteiger partial charge on any atom is -0.354 e. The van der Waals surface area contributed by atoms with Gasteiger partial charge in [0.25, 0.3) is 0 Å². The molecule has 0 radical (unpaired) electrons. The zero-order valence-corrected chi connectivity index (χ0v) is 12.7.